The molecule has 0 aliphatic heterocycles. The van der Waals surface area contributed by atoms with Gasteiger partial charge in [-0.15, -0.1) is 11.3 Å². The average molecular weight is 264 g/mol. The lowest BCUT2D eigenvalue weighted by molar-refractivity contribution is 0.315. The van der Waals surface area contributed by atoms with Gasteiger partial charge in [-0.05, 0) is 39.5 Å². The van der Waals surface area contributed by atoms with Crippen LogP contribution in [0.3, 0.4) is 0 Å². The summed E-state index contributed by atoms with van der Waals surface area (Å²) in [6.45, 7) is 0. The number of benzene rings is 1. The normalized spacial score (nSPS) is 12.9. The smallest absolute Gasteiger partial charge is 0.135 e. The fraction of sp³-hybridized carbons (Fsp3) is 0.0909. The Bertz CT molecular complexity index is 661. The molecule has 0 aliphatic rings. The molecule has 0 aliphatic carbocycles. The third kappa shape index (κ3) is 2.13. The van der Waals surface area contributed by atoms with Gasteiger partial charge in [-0.2, -0.15) is 0 Å². The number of hydrogen-bond acceptors (Lipinski definition) is 5. The van der Waals surface area contributed by atoms with E-state index in [4.69, 9.17) is 0 Å². The number of fused-ring (bicyclic) bond motifs is 1. The molecule has 17 heavy (non-hydrogen) atoms. The van der Waals surface area contributed by atoms with Crippen molar-refractivity contribution in [1.29, 1.82) is 0 Å². The van der Waals surface area contributed by atoms with E-state index in [2.05, 4.69) is 14.9 Å². The van der Waals surface area contributed by atoms with Crippen LogP contribution in [0.5, 0.6) is 0 Å². The zero-order valence-corrected chi connectivity index (χ0v) is 10.3. The summed E-state index contributed by atoms with van der Waals surface area (Å²) in [5.41, 5.74) is 2.39. The van der Waals surface area contributed by atoms with Crippen molar-refractivity contribution < 1.29 is 8.84 Å². The molecule has 1 aromatic carbocycles. The van der Waals surface area contributed by atoms with Crippen LogP contribution in [0, 0.1) is 0 Å². The topological polar surface area (TPSA) is 56.0 Å². The zero-order chi connectivity index (χ0) is 11.7. The minimum Gasteiger partial charge on any atom is -0.253 e. The van der Waals surface area contributed by atoms with Crippen LogP contribution in [-0.4, -0.2) is 14.5 Å². The summed E-state index contributed by atoms with van der Waals surface area (Å²) in [6, 6.07) is 9.38. The Morgan fingerprint density at radius 2 is 2.12 bits per heavy atom. The molecule has 0 spiro atoms. The molecule has 1 unspecified atom stereocenters. The number of aromatic nitrogens is 2. The van der Waals surface area contributed by atoms with E-state index >= 15 is 0 Å². The maximum atomic E-state index is 12.0. The first-order valence-corrected chi connectivity index (χ1v) is 7.16. The highest BCUT2D eigenvalue weighted by Gasteiger charge is 2.08. The predicted octanol–water partition coefficient (Wildman–Crippen LogP) is 2.59. The van der Waals surface area contributed by atoms with Crippen molar-refractivity contribution in [2.24, 2.45) is 0 Å². The average Bonchev–Trinajstić information content (AvgIpc) is 2.99. The van der Waals surface area contributed by atoms with Crippen LogP contribution in [0.4, 0.5) is 0 Å². The van der Waals surface area contributed by atoms with Crippen molar-refractivity contribution in [1.82, 2.24) is 10.3 Å². The molecule has 1 atom stereocenters. The van der Waals surface area contributed by atoms with Crippen molar-refractivity contribution in [3.63, 3.8) is 0 Å². The van der Waals surface area contributed by atoms with E-state index in [1.54, 1.807) is 0 Å². The molecule has 2 heterocycles. The maximum Gasteiger partial charge on any atom is 0.135 e. The van der Waals surface area contributed by atoms with Crippen molar-refractivity contribution in [3.05, 3.63) is 41.3 Å². The number of hydrogen-bond donors (Lipinski definition) is 0. The lowest BCUT2D eigenvalue weighted by Crippen LogP contribution is -1.93. The van der Waals surface area contributed by atoms with Crippen LogP contribution < -0.4 is 0 Å². The van der Waals surface area contributed by atoms with Crippen molar-refractivity contribution in [2.75, 3.05) is 0 Å². The van der Waals surface area contributed by atoms with E-state index in [0.29, 0.717) is 11.3 Å². The second-order valence-corrected chi connectivity index (χ2v) is 6.13. The minimum absolute atomic E-state index is 0.489. The largest absolute Gasteiger partial charge is 0.253 e. The third-order valence-corrected chi connectivity index (χ3v) is 5.02. The summed E-state index contributed by atoms with van der Waals surface area (Å²) in [5, 5.41) is 9.42. The molecule has 0 N–H and O–H groups in total. The van der Waals surface area contributed by atoms with Gasteiger partial charge in [-0.1, -0.05) is 12.1 Å². The molecule has 3 aromatic rings. The SMILES string of the molecule is O=S(Cc1ccc2nonc2c1)c1cccs1. The van der Waals surface area contributed by atoms with Gasteiger partial charge >= 0.3 is 0 Å². The molecular formula is C11H8N2O2S2. The molecule has 0 saturated carbocycles. The summed E-state index contributed by atoms with van der Waals surface area (Å²) in [4.78, 5) is 0. The van der Waals surface area contributed by atoms with E-state index < -0.39 is 10.8 Å². The van der Waals surface area contributed by atoms with Crippen LogP contribution >= 0.6 is 11.3 Å². The Balaban J connectivity index is 1.87. The molecule has 0 fully saturated rings. The molecular weight excluding hydrogens is 256 g/mol. The molecule has 0 radical (unpaired) electrons. The summed E-state index contributed by atoms with van der Waals surface area (Å²) >= 11 is 1.51. The molecule has 4 nitrogen and oxygen atoms in total. The second-order valence-electron chi connectivity index (χ2n) is 3.51. The lowest BCUT2D eigenvalue weighted by Gasteiger charge is -1.99. The van der Waals surface area contributed by atoms with Crippen LogP contribution in [0.1, 0.15) is 5.56 Å². The standard InChI is InChI=1S/C11H8N2O2S2/c14-17(11-2-1-5-16-11)7-8-3-4-9-10(6-8)13-15-12-9/h1-6H,7H2. The summed E-state index contributed by atoms with van der Waals surface area (Å²) in [5.74, 6) is 0.489. The van der Waals surface area contributed by atoms with Crippen LogP contribution in [0.2, 0.25) is 0 Å². The van der Waals surface area contributed by atoms with Gasteiger partial charge < -0.3 is 0 Å². The lowest BCUT2D eigenvalue weighted by atomic mass is 10.2. The third-order valence-electron chi connectivity index (χ3n) is 2.34. The maximum absolute atomic E-state index is 12.0. The summed E-state index contributed by atoms with van der Waals surface area (Å²) < 4.78 is 17.5. The summed E-state index contributed by atoms with van der Waals surface area (Å²) in [6.07, 6.45) is 0. The van der Waals surface area contributed by atoms with Crippen LogP contribution in [0.15, 0.2) is 44.6 Å². The van der Waals surface area contributed by atoms with E-state index in [0.717, 1.165) is 15.3 Å². The van der Waals surface area contributed by atoms with Gasteiger partial charge in [0.05, 0.1) is 20.8 Å². The zero-order valence-electron chi connectivity index (χ0n) is 8.70. The van der Waals surface area contributed by atoms with Crippen LogP contribution in [-0.2, 0) is 16.6 Å². The first kappa shape index (κ1) is 10.6. The van der Waals surface area contributed by atoms with E-state index in [1.165, 1.54) is 11.3 Å². The fourth-order valence-corrected chi connectivity index (χ4v) is 3.61. The van der Waals surface area contributed by atoms with E-state index in [-0.39, 0.29) is 0 Å². The molecule has 0 saturated heterocycles. The number of rotatable bonds is 3. The summed E-state index contributed by atoms with van der Waals surface area (Å²) in [7, 11) is -0.994. The van der Waals surface area contributed by atoms with Gasteiger partial charge in [0.1, 0.15) is 11.0 Å². The molecule has 0 amide bonds. The Hall–Kier alpha value is -1.53. The van der Waals surface area contributed by atoms with Crippen molar-refractivity contribution in [2.45, 2.75) is 9.96 Å². The molecule has 6 heteroatoms. The van der Waals surface area contributed by atoms with Crippen molar-refractivity contribution >= 4 is 33.2 Å². The Kier molecular flexibility index (Phi) is 2.74. The van der Waals surface area contributed by atoms with Gasteiger partial charge in [-0.3, -0.25) is 4.21 Å². The Morgan fingerprint density at radius 3 is 2.94 bits per heavy atom. The predicted molar refractivity (Wildman–Crippen MR) is 66.2 cm³/mol. The first-order chi connectivity index (χ1) is 8.33. The Morgan fingerprint density at radius 1 is 1.24 bits per heavy atom. The second kappa shape index (κ2) is 4.38. The monoisotopic (exact) mass is 264 g/mol. The quantitative estimate of drug-likeness (QED) is 0.729. The number of nitrogens with zero attached hydrogens (tertiary/aromatic N) is 2. The molecule has 86 valence electrons. The molecule has 3 rings (SSSR count). The van der Waals surface area contributed by atoms with Gasteiger partial charge in [0.25, 0.3) is 0 Å². The van der Waals surface area contributed by atoms with Crippen molar-refractivity contribution in [3.8, 4) is 0 Å². The van der Waals surface area contributed by atoms with E-state index in [1.807, 2.05) is 35.7 Å². The highest BCUT2D eigenvalue weighted by Crippen LogP contribution is 2.19. The van der Waals surface area contributed by atoms with Gasteiger partial charge in [0.2, 0.25) is 0 Å². The van der Waals surface area contributed by atoms with Gasteiger partial charge in [0, 0.05) is 0 Å². The Labute approximate surface area is 104 Å². The van der Waals surface area contributed by atoms with E-state index in [9.17, 15) is 4.21 Å². The fourth-order valence-electron chi connectivity index (χ4n) is 1.53. The highest BCUT2D eigenvalue weighted by atomic mass is 32.2. The number of thiophene rings is 1. The van der Waals surface area contributed by atoms with Gasteiger partial charge in [0.15, 0.2) is 0 Å². The molecule has 0 bridgehead atoms. The minimum atomic E-state index is -0.994. The van der Waals surface area contributed by atoms with Gasteiger partial charge in [-0.25, -0.2) is 4.63 Å². The highest BCUT2D eigenvalue weighted by molar-refractivity contribution is 7.86. The van der Waals surface area contributed by atoms with Crippen LogP contribution in [0.25, 0.3) is 11.0 Å². The molecule has 2 aromatic heterocycles. The first-order valence-electron chi connectivity index (χ1n) is 4.96.